The minimum absolute atomic E-state index is 0.425. The summed E-state index contributed by atoms with van der Waals surface area (Å²) in [7, 11) is 0. The molecule has 1 atom stereocenters. The van der Waals surface area contributed by atoms with Gasteiger partial charge in [0.05, 0.1) is 5.69 Å². The van der Waals surface area contributed by atoms with Gasteiger partial charge in [-0.05, 0) is 24.5 Å². The molecule has 1 nitrogen and oxygen atoms in total. The molecular formula is C12H12FN. The molecule has 1 aromatic heterocycles. The molecule has 1 aromatic rings. The summed E-state index contributed by atoms with van der Waals surface area (Å²) in [6.45, 7) is 7.44. The smallest absolute Gasteiger partial charge is 0.156 e. The van der Waals surface area contributed by atoms with Gasteiger partial charge in [0.2, 0.25) is 0 Å². The van der Waals surface area contributed by atoms with Gasteiger partial charge in [-0.2, -0.15) is 0 Å². The molecule has 14 heavy (non-hydrogen) atoms. The van der Waals surface area contributed by atoms with Gasteiger partial charge in [0.15, 0.2) is 5.67 Å². The molecule has 2 heteroatoms. The van der Waals surface area contributed by atoms with Crippen molar-refractivity contribution in [2.75, 3.05) is 0 Å². The highest BCUT2D eigenvalue weighted by atomic mass is 19.1. The Balaban J connectivity index is 2.63. The van der Waals surface area contributed by atoms with E-state index in [1.165, 1.54) is 6.08 Å². The SMILES string of the molecule is C=CC1(F)CCC(=C)c2ncccc21. The first-order valence-corrected chi connectivity index (χ1v) is 4.63. The topological polar surface area (TPSA) is 12.9 Å². The Bertz CT molecular complexity index is 397. The quantitative estimate of drug-likeness (QED) is 0.618. The van der Waals surface area contributed by atoms with Crippen molar-refractivity contribution in [2.45, 2.75) is 18.5 Å². The molecule has 0 radical (unpaired) electrons. The van der Waals surface area contributed by atoms with E-state index >= 15 is 0 Å². The standard InChI is InChI=1S/C12H12FN/c1-3-12(13)7-6-9(2)11-10(12)5-4-8-14-11/h3-5,8H,1-2,6-7H2. The minimum atomic E-state index is -1.43. The van der Waals surface area contributed by atoms with E-state index in [4.69, 9.17) is 0 Å². The summed E-state index contributed by atoms with van der Waals surface area (Å²) in [5.74, 6) is 0. The number of rotatable bonds is 1. The first-order chi connectivity index (χ1) is 6.67. The number of hydrogen-bond acceptors (Lipinski definition) is 1. The largest absolute Gasteiger partial charge is 0.256 e. The van der Waals surface area contributed by atoms with Crippen LogP contribution in [0.5, 0.6) is 0 Å². The second kappa shape index (κ2) is 3.05. The van der Waals surface area contributed by atoms with Crippen LogP contribution in [-0.4, -0.2) is 4.98 Å². The Kier molecular flexibility index (Phi) is 1.99. The lowest BCUT2D eigenvalue weighted by Gasteiger charge is -2.29. The Morgan fingerprint density at radius 1 is 1.57 bits per heavy atom. The number of allylic oxidation sites excluding steroid dienone is 2. The third-order valence-corrected chi connectivity index (χ3v) is 2.70. The fraction of sp³-hybridized carbons (Fsp3) is 0.250. The Hall–Kier alpha value is -1.44. The second-order valence-electron chi connectivity index (χ2n) is 3.57. The summed E-state index contributed by atoms with van der Waals surface area (Å²) in [4.78, 5) is 4.16. The van der Waals surface area contributed by atoms with Gasteiger partial charge in [-0.1, -0.05) is 25.3 Å². The minimum Gasteiger partial charge on any atom is -0.256 e. The molecule has 0 aromatic carbocycles. The van der Waals surface area contributed by atoms with E-state index in [9.17, 15) is 4.39 Å². The molecule has 72 valence electrons. The van der Waals surface area contributed by atoms with E-state index in [-0.39, 0.29) is 0 Å². The van der Waals surface area contributed by atoms with Crippen molar-refractivity contribution in [2.24, 2.45) is 0 Å². The first-order valence-electron chi connectivity index (χ1n) is 4.63. The van der Waals surface area contributed by atoms with Crippen LogP contribution in [0.2, 0.25) is 0 Å². The molecule has 0 saturated carbocycles. The Labute approximate surface area is 83.0 Å². The molecule has 0 saturated heterocycles. The van der Waals surface area contributed by atoms with Crippen LogP contribution in [0, 0.1) is 0 Å². The number of alkyl halides is 1. The van der Waals surface area contributed by atoms with Crippen LogP contribution in [0.3, 0.4) is 0 Å². The van der Waals surface area contributed by atoms with Crippen LogP contribution in [0.15, 0.2) is 37.6 Å². The van der Waals surface area contributed by atoms with Gasteiger partial charge in [-0.25, -0.2) is 4.39 Å². The molecule has 1 heterocycles. The Morgan fingerprint density at radius 2 is 2.36 bits per heavy atom. The van der Waals surface area contributed by atoms with Crippen molar-refractivity contribution in [1.29, 1.82) is 0 Å². The van der Waals surface area contributed by atoms with E-state index in [0.717, 1.165) is 5.57 Å². The zero-order valence-electron chi connectivity index (χ0n) is 7.96. The molecule has 0 spiro atoms. The van der Waals surface area contributed by atoms with Crippen molar-refractivity contribution in [1.82, 2.24) is 4.98 Å². The van der Waals surface area contributed by atoms with Crippen LogP contribution >= 0.6 is 0 Å². The summed E-state index contributed by atoms with van der Waals surface area (Å²) >= 11 is 0. The van der Waals surface area contributed by atoms with Crippen LogP contribution in [0.25, 0.3) is 5.57 Å². The average molecular weight is 189 g/mol. The van der Waals surface area contributed by atoms with Crippen molar-refractivity contribution >= 4 is 5.57 Å². The summed E-state index contributed by atoms with van der Waals surface area (Å²) in [6, 6.07) is 3.50. The van der Waals surface area contributed by atoms with Crippen molar-refractivity contribution in [3.8, 4) is 0 Å². The maximum absolute atomic E-state index is 14.3. The number of pyridine rings is 1. The summed E-state index contributed by atoms with van der Waals surface area (Å²) in [6.07, 6.45) is 4.10. The lowest BCUT2D eigenvalue weighted by molar-refractivity contribution is 0.214. The molecule has 0 amide bonds. The monoisotopic (exact) mass is 189 g/mol. The fourth-order valence-corrected chi connectivity index (χ4v) is 1.82. The normalized spacial score (nSPS) is 25.6. The molecule has 2 rings (SSSR count). The van der Waals surface area contributed by atoms with Crippen LogP contribution in [0.4, 0.5) is 4.39 Å². The highest BCUT2D eigenvalue weighted by molar-refractivity contribution is 5.66. The molecule has 0 aliphatic heterocycles. The summed E-state index contributed by atoms with van der Waals surface area (Å²) in [5.41, 5.74) is 0.785. The predicted octanol–water partition coefficient (Wildman–Crippen LogP) is 3.24. The third-order valence-electron chi connectivity index (χ3n) is 2.70. The van der Waals surface area contributed by atoms with Gasteiger partial charge in [-0.15, -0.1) is 0 Å². The molecular weight excluding hydrogens is 177 g/mol. The van der Waals surface area contributed by atoms with Gasteiger partial charge < -0.3 is 0 Å². The number of nitrogens with zero attached hydrogens (tertiary/aromatic N) is 1. The van der Waals surface area contributed by atoms with Crippen molar-refractivity contribution < 1.29 is 4.39 Å². The van der Waals surface area contributed by atoms with E-state index in [0.29, 0.717) is 24.1 Å². The zero-order chi connectivity index (χ0) is 10.2. The summed E-state index contributed by atoms with van der Waals surface area (Å²) in [5, 5.41) is 0. The fourth-order valence-electron chi connectivity index (χ4n) is 1.82. The lowest BCUT2D eigenvalue weighted by atomic mass is 9.81. The highest BCUT2D eigenvalue weighted by Gasteiger charge is 2.35. The Morgan fingerprint density at radius 3 is 3.07 bits per heavy atom. The molecule has 1 aliphatic rings. The number of halogens is 1. The van der Waals surface area contributed by atoms with Gasteiger partial charge in [-0.3, -0.25) is 4.98 Å². The van der Waals surface area contributed by atoms with Crippen LogP contribution < -0.4 is 0 Å². The van der Waals surface area contributed by atoms with Crippen molar-refractivity contribution in [3.05, 3.63) is 48.8 Å². The van der Waals surface area contributed by atoms with Crippen LogP contribution in [-0.2, 0) is 5.67 Å². The second-order valence-corrected chi connectivity index (χ2v) is 3.57. The van der Waals surface area contributed by atoms with Gasteiger partial charge in [0.25, 0.3) is 0 Å². The maximum Gasteiger partial charge on any atom is 0.156 e. The van der Waals surface area contributed by atoms with E-state index < -0.39 is 5.67 Å². The highest BCUT2D eigenvalue weighted by Crippen LogP contribution is 2.42. The molecule has 1 unspecified atom stereocenters. The van der Waals surface area contributed by atoms with E-state index in [1.807, 2.05) is 0 Å². The van der Waals surface area contributed by atoms with Gasteiger partial charge in [0.1, 0.15) is 0 Å². The average Bonchev–Trinajstić information content (AvgIpc) is 2.24. The van der Waals surface area contributed by atoms with Gasteiger partial charge >= 0.3 is 0 Å². The number of fused-ring (bicyclic) bond motifs is 1. The lowest BCUT2D eigenvalue weighted by Crippen LogP contribution is -2.23. The van der Waals surface area contributed by atoms with Crippen molar-refractivity contribution in [3.63, 3.8) is 0 Å². The molecule has 0 bridgehead atoms. The van der Waals surface area contributed by atoms with Crippen LogP contribution in [0.1, 0.15) is 24.1 Å². The molecule has 1 aliphatic carbocycles. The third kappa shape index (κ3) is 1.18. The van der Waals surface area contributed by atoms with E-state index in [2.05, 4.69) is 18.1 Å². The number of hydrogen-bond donors (Lipinski definition) is 0. The zero-order valence-corrected chi connectivity index (χ0v) is 7.96. The molecule has 0 N–H and O–H groups in total. The molecule has 0 fully saturated rings. The summed E-state index contributed by atoms with van der Waals surface area (Å²) < 4.78 is 14.3. The predicted molar refractivity (Wildman–Crippen MR) is 55.5 cm³/mol. The maximum atomic E-state index is 14.3. The van der Waals surface area contributed by atoms with E-state index in [1.54, 1.807) is 18.3 Å². The number of aromatic nitrogens is 1. The van der Waals surface area contributed by atoms with Gasteiger partial charge in [0, 0.05) is 11.8 Å². The first kappa shape index (κ1) is 9.13.